The highest BCUT2D eigenvalue weighted by molar-refractivity contribution is 8.15. The van der Waals surface area contributed by atoms with Crippen LogP contribution in [0, 0.1) is 13.8 Å². The number of carbonyl (C=O) groups excluding carboxylic acids is 1. The van der Waals surface area contributed by atoms with Gasteiger partial charge in [-0.2, -0.15) is 5.10 Å². The van der Waals surface area contributed by atoms with Crippen molar-refractivity contribution in [3.8, 4) is 0 Å². The minimum atomic E-state index is -0.200. The Morgan fingerprint density at radius 3 is 2.68 bits per heavy atom. The number of amidine groups is 1. The number of aryl methyl sites for hydroxylation is 2. The van der Waals surface area contributed by atoms with Gasteiger partial charge in [-0.3, -0.25) is 9.69 Å². The number of rotatable bonds is 6. The topological polar surface area (TPSA) is 45.0 Å². The van der Waals surface area contributed by atoms with Gasteiger partial charge in [-0.15, -0.1) is 11.7 Å². The lowest BCUT2D eigenvalue weighted by atomic mass is 10.0. The van der Waals surface area contributed by atoms with Crippen LogP contribution in [0.3, 0.4) is 0 Å². The van der Waals surface area contributed by atoms with Crippen LogP contribution in [0.5, 0.6) is 0 Å². The van der Waals surface area contributed by atoms with Crippen LogP contribution in [0.2, 0.25) is 0 Å². The quantitative estimate of drug-likeness (QED) is 0.295. The zero-order valence-electron chi connectivity index (χ0n) is 17.8. The Balaban J connectivity index is 1.56. The highest BCUT2D eigenvalue weighted by atomic mass is 32.2. The molecule has 3 aromatic rings. The molecule has 4 rings (SSSR count). The first-order chi connectivity index (χ1) is 15.1. The summed E-state index contributed by atoms with van der Waals surface area (Å²) in [6, 6.07) is 20.7. The molecule has 1 aliphatic heterocycles. The SMILES string of the molecule is C=CCN1C(=O)C(Cc2ccc(C)c(C)c2)SC1=NN=Cc1cccc2ccccc12. The second-order valence-electron chi connectivity index (χ2n) is 7.66. The van der Waals surface area contributed by atoms with Crippen LogP contribution < -0.4 is 0 Å². The Morgan fingerprint density at radius 2 is 1.87 bits per heavy atom. The Morgan fingerprint density at radius 1 is 1.06 bits per heavy atom. The first kappa shape index (κ1) is 21.1. The molecule has 3 aromatic carbocycles. The maximum Gasteiger partial charge on any atom is 0.242 e. The molecule has 1 fully saturated rings. The number of amides is 1. The smallest absolute Gasteiger partial charge is 0.242 e. The van der Waals surface area contributed by atoms with E-state index in [1.54, 1.807) is 17.2 Å². The van der Waals surface area contributed by atoms with Crippen LogP contribution in [-0.2, 0) is 11.2 Å². The van der Waals surface area contributed by atoms with Crippen molar-refractivity contribution in [2.45, 2.75) is 25.5 Å². The second kappa shape index (κ2) is 9.31. The van der Waals surface area contributed by atoms with Crippen LogP contribution >= 0.6 is 11.8 Å². The summed E-state index contributed by atoms with van der Waals surface area (Å²) in [5.74, 6) is 0.0576. The van der Waals surface area contributed by atoms with Crippen LogP contribution in [-0.4, -0.2) is 34.0 Å². The minimum absolute atomic E-state index is 0.0576. The van der Waals surface area contributed by atoms with Crippen molar-refractivity contribution in [2.75, 3.05) is 6.54 Å². The molecule has 1 heterocycles. The third kappa shape index (κ3) is 4.62. The van der Waals surface area contributed by atoms with E-state index >= 15 is 0 Å². The fourth-order valence-corrected chi connectivity index (χ4v) is 4.81. The zero-order chi connectivity index (χ0) is 21.8. The normalized spacial score (nSPS) is 17.9. The van der Waals surface area contributed by atoms with Crippen LogP contribution in [0.4, 0.5) is 0 Å². The van der Waals surface area contributed by atoms with E-state index in [0.29, 0.717) is 18.1 Å². The van der Waals surface area contributed by atoms with Crippen LogP contribution in [0.1, 0.15) is 22.3 Å². The predicted octanol–water partition coefficient (Wildman–Crippen LogP) is 5.52. The third-order valence-corrected chi connectivity index (χ3v) is 6.65. The van der Waals surface area contributed by atoms with Crippen LogP contribution in [0.25, 0.3) is 10.8 Å². The van der Waals surface area contributed by atoms with Crippen molar-refractivity contribution in [3.05, 3.63) is 95.6 Å². The first-order valence-corrected chi connectivity index (χ1v) is 11.2. The molecule has 1 amide bonds. The molecule has 0 radical (unpaired) electrons. The van der Waals surface area contributed by atoms with Gasteiger partial charge < -0.3 is 0 Å². The van der Waals surface area contributed by atoms with Crippen molar-refractivity contribution in [3.63, 3.8) is 0 Å². The van der Waals surface area contributed by atoms with E-state index in [0.717, 1.165) is 21.9 Å². The molecule has 0 aromatic heterocycles. The van der Waals surface area contributed by atoms with Gasteiger partial charge in [-0.05, 0) is 47.7 Å². The van der Waals surface area contributed by atoms with E-state index in [4.69, 9.17) is 0 Å². The van der Waals surface area contributed by atoms with E-state index in [1.165, 1.54) is 22.9 Å². The van der Waals surface area contributed by atoms with Gasteiger partial charge in [0.15, 0.2) is 5.17 Å². The summed E-state index contributed by atoms with van der Waals surface area (Å²) < 4.78 is 0. The third-order valence-electron chi connectivity index (χ3n) is 5.49. The number of carbonyl (C=O) groups is 1. The van der Waals surface area contributed by atoms with Gasteiger partial charge in [0.05, 0.1) is 11.5 Å². The molecule has 0 spiro atoms. The molecule has 5 heteroatoms. The molecule has 31 heavy (non-hydrogen) atoms. The Labute approximate surface area is 187 Å². The van der Waals surface area contributed by atoms with Crippen molar-refractivity contribution < 1.29 is 4.79 Å². The van der Waals surface area contributed by atoms with E-state index in [1.807, 2.05) is 24.3 Å². The monoisotopic (exact) mass is 427 g/mol. The predicted molar refractivity (Wildman–Crippen MR) is 132 cm³/mol. The summed E-state index contributed by atoms with van der Waals surface area (Å²) in [7, 11) is 0. The summed E-state index contributed by atoms with van der Waals surface area (Å²) in [6.45, 7) is 8.41. The van der Waals surface area contributed by atoms with Gasteiger partial charge >= 0.3 is 0 Å². The first-order valence-electron chi connectivity index (χ1n) is 10.3. The Hall–Kier alpha value is -3.18. The maximum atomic E-state index is 13.0. The van der Waals surface area contributed by atoms with E-state index in [9.17, 15) is 4.79 Å². The van der Waals surface area contributed by atoms with Crippen molar-refractivity contribution in [1.82, 2.24) is 4.90 Å². The Bertz CT molecular complexity index is 1190. The average molecular weight is 428 g/mol. The molecule has 1 atom stereocenters. The van der Waals surface area contributed by atoms with E-state index < -0.39 is 0 Å². The highest BCUT2D eigenvalue weighted by Crippen LogP contribution is 2.30. The van der Waals surface area contributed by atoms with Gasteiger partial charge in [0, 0.05) is 12.1 Å². The number of fused-ring (bicyclic) bond motifs is 1. The van der Waals surface area contributed by atoms with Gasteiger partial charge in [0.25, 0.3) is 0 Å². The lowest BCUT2D eigenvalue weighted by Crippen LogP contribution is -2.32. The lowest BCUT2D eigenvalue weighted by molar-refractivity contribution is -0.125. The van der Waals surface area contributed by atoms with E-state index in [2.05, 4.69) is 67.0 Å². The maximum absolute atomic E-state index is 13.0. The minimum Gasteiger partial charge on any atom is -0.285 e. The van der Waals surface area contributed by atoms with Gasteiger partial charge in [0.2, 0.25) is 5.91 Å². The fraction of sp³-hybridized carbons (Fsp3) is 0.192. The molecule has 1 unspecified atom stereocenters. The molecular weight excluding hydrogens is 402 g/mol. The number of hydrogen-bond acceptors (Lipinski definition) is 4. The van der Waals surface area contributed by atoms with E-state index in [-0.39, 0.29) is 11.2 Å². The largest absolute Gasteiger partial charge is 0.285 e. The Kier molecular flexibility index (Phi) is 6.33. The van der Waals surface area contributed by atoms with Crippen molar-refractivity contribution in [1.29, 1.82) is 0 Å². The zero-order valence-corrected chi connectivity index (χ0v) is 18.6. The number of hydrogen-bond donors (Lipinski definition) is 0. The number of thioether (sulfide) groups is 1. The number of benzene rings is 3. The molecule has 1 saturated heterocycles. The molecule has 0 bridgehead atoms. The molecule has 1 aliphatic rings. The average Bonchev–Trinajstić information content (AvgIpc) is 3.06. The molecular formula is C26H25N3OS. The summed E-state index contributed by atoms with van der Waals surface area (Å²) in [5, 5.41) is 11.4. The van der Waals surface area contributed by atoms with Crippen molar-refractivity contribution >= 4 is 39.8 Å². The highest BCUT2D eigenvalue weighted by Gasteiger charge is 2.37. The molecule has 156 valence electrons. The lowest BCUT2D eigenvalue weighted by Gasteiger charge is -2.13. The van der Waals surface area contributed by atoms with Crippen molar-refractivity contribution in [2.24, 2.45) is 10.2 Å². The second-order valence-corrected chi connectivity index (χ2v) is 8.83. The van der Waals surface area contributed by atoms with Gasteiger partial charge in [-0.25, -0.2) is 0 Å². The van der Waals surface area contributed by atoms with Gasteiger partial charge in [-0.1, -0.05) is 78.5 Å². The fourth-order valence-electron chi connectivity index (χ4n) is 3.66. The summed E-state index contributed by atoms with van der Waals surface area (Å²) >= 11 is 1.48. The molecule has 0 aliphatic carbocycles. The van der Waals surface area contributed by atoms with Gasteiger partial charge in [0.1, 0.15) is 0 Å². The van der Waals surface area contributed by atoms with Crippen LogP contribution in [0.15, 0.2) is 83.5 Å². The standard InChI is InChI=1S/C26H25N3OS/c1-4-14-29-25(30)24(16-20-13-12-18(2)19(3)15-20)31-26(29)28-27-17-22-10-7-9-21-8-5-6-11-23(21)22/h4-13,15,17,24H,1,14,16H2,2-3H3. The summed E-state index contributed by atoms with van der Waals surface area (Å²) in [6.07, 6.45) is 4.15. The summed E-state index contributed by atoms with van der Waals surface area (Å²) in [4.78, 5) is 14.7. The molecule has 0 N–H and O–H groups in total. The number of nitrogens with zero attached hydrogens (tertiary/aromatic N) is 3. The molecule has 4 nitrogen and oxygen atoms in total. The summed E-state index contributed by atoms with van der Waals surface area (Å²) in [5.41, 5.74) is 4.66. The molecule has 0 saturated carbocycles.